The zero-order valence-corrected chi connectivity index (χ0v) is 19.0. The fourth-order valence-electron chi connectivity index (χ4n) is 4.75. The quantitative estimate of drug-likeness (QED) is 0.617. The summed E-state index contributed by atoms with van der Waals surface area (Å²) in [7, 11) is -1.06. The minimum Gasteiger partial charge on any atom is -0.480 e. The number of rotatable bonds is 7. The molecule has 9 heteroatoms. The van der Waals surface area contributed by atoms with E-state index >= 15 is 0 Å². The molecule has 0 spiro atoms. The lowest BCUT2D eigenvalue weighted by atomic mass is 9.75. The van der Waals surface area contributed by atoms with Crippen LogP contribution in [0.2, 0.25) is 0 Å². The van der Waals surface area contributed by atoms with Gasteiger partial charge in [0.15, 0.2) is 0 Å². The number of carbonyl (C=O) groups excluding carboxylic acids is 1. The third-order valence-electron chi connectivity index (χ3n) is 6.11. The lowest BCUT2D eigenvalue weighted by molar-refractivity contribution is -0.144. The van der Waals surface area contributed by atoms with E-state index in [9.17, 15) is 19.7 Å². The topological polar surface area (TPSA) is 99.5 Å². The van der Waals surface area contributed by atoms with Gasteiger partial charge in [-0.2, -0.15) is 0 Å². The molecule has 2 heterocycles. The van der Waals surface area contributed by atoms with Gasteiger partial charge in [0, 0.05) is 31.7 Å². The highest BCUT2D eigenvalue weighted by Crippen LogP contribution is 2.21. The van der Waals surface area contributed by atoms with Gasteiger partial charge in [0.25, 0.3) is 5.91 Å². The van der Waals surface area contributed by atoms with E-state index in [0.717, 1.165) is 18.7 Å². The highest BCUT2D eigenvalue weighted by Gasteiger charge is 2.36. The Bertz CT molecular complexity index is 822. The largest absolute Gasteiger partial charge is 0.492 e. The van der Waals surface area contributed by atoms with Crippen LogP contribution in [-0.2, 0) is 20.8 Å². The normalized spacial score (nSPS) is 22.5. The van der Waals surface area contributed by atoms with Crippen LogP contribution in [0.5, 0.6) is 0 Å². The number of aliphatic carboxylic acids is 1. The molecule has 2 aliphatic heterocycles. The van der Waals surface area contributed by atoms with Gasteiger partial charge in [0.1, 0.15) is 6.04 Å². The van der Waals surface area contributed by atoms with E-state index < -0.39 is 19.1 Å². The Morgan fingerprint density at radius 1 is 1.26 bits per heavy atom. The molecule has 3 rings (SSSR count). The van der Waals surface area contributed by atoms with Crippen molar-refractivity contribution in [3.63, 3.8) is 0 Å². The molecule has 31 heavy (non-hydrogen) atoms. The molecule has 0 aromatic heterocycles. The Morgan fingerprint density at radius 3 is 2.48 bits per heavy atom. The number of amides is 1. The zero-order chi connectivity index (χ0) is 22.9. The molecule has 0 radical (unpaired) electrons. The Kier molecular flexibility index (Phi) is 7.41. The molecule has 0 aliphatic carbocycles. The smallest absolute Gasteiger partial charge is 0.480 e. The fourth-order valence-corrected chi connectivity index (χ4v) is 4.75. The van der Waals surface area contributed by atoms with E-state index in [1.807, 2.05) is 27.7 Å². The first-order valence-electron chi connectivity index (χ1n) is 10.9. The summed E-state index contributed by atoms with van der Waals surface area (Å²) in [5, 5.41) is 20.1. The molecule has 2 N–H and O–H groups in total. The van der Waals surface area contributed by atoms with Crippen LogP contribution < -0.4 is 5.46 Å². The minimum atomic E-state index is -1.06. The maximum atomic E-state index is 13.6. The standard InChI is InChI=1S/C22H33BN2O6/c1-13(2)20(22(27)28)25(9-8-24-10-14(3)31-15(4)11-24)21(26)18-7-6-17-12-30-23(29)19(17)16(18)5/h6-7,13-15,20,29H,8-12H2,1-5H3,(H,27,28). The number of morpholine rings is 1. The van der Waals surface area contributed by atoms with Crippen molar-refractivity contribution in [2.24, 2.45) is 5.92 Å². The van der Waals surface area contributed by atoms with Gasteiger partial charge in [-0.3, -0.25) is 9.69 Å². The number of carboxylic acids is 1. The van der Waals surface area contributed by atoms with Crippen molar-refractivity contribution in [1.82, 2.24) is 9.80 Å². The van der Waals surface area contributed by atoms with Crippen molar-refractivity contribution in [3.05, 3.63) is 28.8 Å². The maximum absolute atomic E-state index is 13.6. The summed E-state index contributed by atoms with van der Waals surface area (Å²) in [5.74, 6) is -1.61. The summed E-state index contributed by atoms with van der Waals surface area (Å²) in [6.45, 7) is 12.1. The highest BCUT2D eigenvalue weighted by molar-refractivity contribution is 6.62. The Morgan fingerprint density at radius 2 is 1.90 bits per heavy atom. The van der Waals surface area contributed by atoms with Crippen molar-refractivity contribution in [2.75, 3.05) is 26.2 Å². The maximum Gasteiger partial charge on any atom is 0.492 e. The number of benzene rings is 1. The van der Waals surface area contributed by atoms with Crippen molar-refractivity contribution in [1.29, 1.82) is 0 Å². The van der Waals surface area contributed by atoms with Crippen LogP contribution in [0.3, 0.4) is 0 Å². The van der Waals surface area contributed by atoms with Crippen LogP contribution >= 0.6 is 0 Å². The van der Waals surface area contributed by atoms with Gasteiger partial charge in [0.2, 0.25) is 0 Å². The third kappa shape index (κ3) is 5.11. The molecule has 170 valence electrons. The molecule has 1 fully saturated rings. The molecule has 1 aromatic carbocycles. The summed E-state index contributed by atoms with van der Waals surface area (Å²) in [5.41, 5.74) is 2.50. The molecular weight excluding hydrogens is 399 g/mol. The summed E-state index contributed by atoms with van der Waals surface area (Å²) in [6.07, 6.45) is 0.183. The fraction of sp³-hybridized carbons (Fsp3) is 0.636. The molecule has 0 bridgehead atoms. The van der Waals surface area contributed by atoms with Crippen molar-refractivity contribution in [3.8, 4) is 0 Å². The second-order valence-electron chi connectivity index (χ2n) is 9.02. The predicted molar refractivity (Wildman–Crippen MR) is 117 cm³/mol. The molecule has 0 saturated carbocycles. The van der Waals surface area contributed by atoms with E-state index in [2.05, 4.69) is 4.90 Å². The number of fused-ring (bicyclic) bond motifs is 1. The van der Waals surface area contributed by atoms with Gasteiger partial charge in [-0.05, 0) is 49.3 Å². The lowest BCUT2D eigenvalue weighted by Crippen LogP contribution is -2.53. The average molecular weight is 432 g/mol. The summed E-state index contributed by atoms with van der Waals surface area (Å²) < 4.78 is 11.1. The molecule has 1 amide bonds. The first-order chi connectivity index (χ1) is 14.6. The summed E-state index contributed by atoms with van der Waals surface area (Å²) in [6, 6.07) is 2.54. The van der Waals surface area contributed by atoms with Gasteiger partial charge >= 0.3 is 13.1 Å². The molecule has 3 unspecified atom stereocenters. The van der Waals surface area contributed by atoms with E-state index in [0.29, 0.717) is 36.3 Å². The predicted octanol–water partition coefficient (Wildman–Crippen LogP) is 0.873. The van der Waals surface area contributed by atoms with E-state index in [-0.39, 0.29) is 24.0 Å². The van der Waals surface area contributed by atoms with Gasteiger partial charge < -0.3 is 24.4 Å². The molecular formula is C22H33BN2O6. The SMILES string of the molecule is Cc1c(C(=O)N(CCN2CC(C)OC(C)C2)C(C(=O)O)C(C)C)ccc2c1B(O)OC2. The van der Waals surface area contributed by atoms with Gasteiger partial charge in [0.05, 0.1) is 18.8 Å². The van der Waals surface area contributed by atoms with Gasteiger partial charge in [-0.25, -0.2) is 4.79 Å². The van der Waals surface area contributed by atoms with Crippen LogP contribution in [0.25, 0.3) is 0 Å². The van der Waals surface area contributed by atoms with Crippen LogP contribution in [0, 0.1) is 12.8 Å². The van der Waals surface area contributed by atoms with E-state index in [4.69, 9.17) is 9.39 Å². The first-order valence-corrected chi connectivity index (χ1v) is 10.9. The summed E-state index contributed by atoms with van der Waals surface area (Å²) >= 11 is 0. The van der Waals surface area contributed by atoms with E-state index in [1.165, 1.54) is 4.90 Å². The van der Waals surface area contributed by atoms with Gasteiger partial charge in [-0.15, -0.1) is 0 Å². The van der Waals surface area contributed by atoms with Crippen LogP contribution in [0.4, 0.5) is 0 Å². The minimum absolute atomic E-state index is 0.0914. The Balaban J connectivity index is 1.88. The molecule has 2 aliphatic rings. The van der Waals surface area contributed by atoms with Crippen LogP contribution in [0.15, 0.2) is 12.1 Å². The number of hydrogen-bond donors (Lipinski definition) is 2. The van der Waals surface area contributed by atoms with Crippen molar-refractivity contribution in [2.45, 2.75) is 59.5 Å². The number of carboxylic acid groups (broad SMARTS) is 1. The van der Waals surface area contributed by atoms with Crippen LogP contribution in [-0.4, -0.2) is 83.4 Å². The molecule has 8 nitrogen and oxygen atoms in total. The Labute approximate surface area is 184 Å². The molecule has 1 aromatic rings. The monoisotopic (exact) mass is 432 g/mol. The number of carbonyl (C=O) groups is 2. The lowest BCUT2D eigenvalue weighted by Gasteiger charge is -2.38. The second kappa shape index (κ2) is 9.69. The molecule has 3 atom stereocenters. The molecule has 1 saturated heterocycles. The van der Waals surface area contributed by atoms with Gasteiger partial charge in [-0.1, -0.05) is 19.9 Å². The van der Waals surface area contributed by atoms with Crippen molar-refractivity contribution >= 4 is 24.5 Å². The Hall–Kier alpha value is -1.94. The average Bonchev–Trinajstić information content (AvgIpc) is 3.05. The third-order valence-corrected chi connectivity index (χ3v) is 6.11. The summed E-state index contributed by atoms with van der Waals surface area (Å²) in [4.78, 5) is 29.4. The zero-order valence-electron chi connectivity index (χ0n) is 19.0. The first kappa shape index (κ1) is 23.7. The second-order valence-corrected chi connectivity index (χ2v) is 9.02. The number of nitrogens with zero attached hydrogens (tertiary/aromatic N) is 2. The van der Waals surface area contributed by atoms with Crippen molar-refractivity contribution < 1.29 is 29.1 Å². The highest BCUT2D eigenvalue weighted by atomic mass is 16.5. The number of ether oxygens (including phenoxy) is 1. The van der Waals surface area contributed by atoms with Crippen LogP contribution in [0.1, 0.15) is 49.2 Å². The van der Waals surface area contributed by atoms with E-state index in [1.54, 1.807) is 19.1 Å². The number of hydrogen-bond acceptors (Lipinski definition) is 6.